The van der Waals surface area contributed by atoms with Crippen LogP contribution in [0.4, 0.5) is 0 Å². The predicted molar refractivity (Wildman–Crippen MR) is 64.1 cm³/mol. The lowest BCUT2D eigenvalue weighted by Gasteiger charge is -2.22. The largest absolute Gasteiger partial charge is 0.347 e. The molecule has 2 nitrogen and oxygen atoms in total. The second-order valence-corrected chi connectivity index (χ2v) is 4.29. The fraction of sp³-hybridized carbons (Fsp3) is 0.429. The average molecular weight is 218 g/mol. The van der Waals surface area contributed by atoms with Crippen molar-refractivity contribution in [3.05, 3.63) is 48.6 Å². The Hall–Kier alpha value is -1.12. The van der Waals surface area contributed by atoms with Gasteiger partial charge in [-0.2, -0.15) is 0 Å². The first-order valence-electron chi connectivity index (χ1n) is 5.71. The first-order chi connectivity index (χ1) is 7.73. The van der Waals surface area contributed by atoms with E-state index in [0.29, 0.717) is 6.61 Å². The van der Waals surface area contributed by atoms with E-state index in [4.69, 9.17) is 9.47 Å². The van der Waals surface area contributed by atoms with Crippen LogP contribution in [0.2, 0.25) is 0 Å². The van der Waals surface area contributed by atoms with Crippen LogP contribution in [0.15, 0.2) is 43.0 Å². The van der Waals surface area contributed by atoms with E-state index in [-0.39, 0.29) is 6.10 Å². The highest BCUT2D eigenvalue weighted by Crippen LogP contribution is 2.35. The van der Waals surface area contributed by atoms with Gasteiger partial charge in [0.2, 0.25) is 0 Å². The summed E-state index contributed by atoms with van der Waals surface area (Å²) in [5, 5.41) is 0. The van der Waals surface area contributed by atoms with E-state index in [9.17, 15) is 0 Å². The maximum atomic E-state index is 5.97. The molecule has 0 aliphatic carbocycles. The number of benzene rings is 1. The van der Waals surface area contributed by atoms with Crippen LogP contribution in [-0.2, 0) is 9.47 Å². The summed E-state index contributed by atoms with van der Waals surface area (Å²) in [6.07, 6.45) is 3.74. The quantitative estimate of drug-likeness (QED) is 0.720. The summed E-state index contributed by atoms with van der Waals surface area (Å²) in [6, 6.07) is 10.2. The van der Waals surface area contributed by atoms with Crippen LogP contribution in [0.1, 0.15) is 31.4 Å². The minimum absolute atomic E-state index is 0.0658. The molecule has 0 bridgehead atoms. The van der Waals surface area contributed by atoms with Crippen molar-refractivity contribution in [2.24, 2.45) is 0 Å². The van der Waals surface area contributed by atoms with E-state index >= 15 is 0 Å². The van der Waals surface area contributed by atoms with Crippen molar-refractivity contribution >= 4 is 0 Å². The summed E-state index contributed by atoms with van der Waals surface area (Å²) < 4.78 is 11.7. The van der Waals surface area contributed by atoms with Crippen LogP contribution in [0.3, 0.4) is 0 Å². The Labute approximate surface area is 96.9 Å². The van der Waals surface area contributed by atoms with Gasteiger partial charge < -0.3 is 9.47 Å². The van der Waals surface area contributed by atoms with Gasteiger partial charge in [0.1, 0.15) is 6.10 Å². The minimum atomic E-state index is -0.450. The summed E-state index contributed by atoms with van der Waals surface area (Å²) in [5.41, 5.74) is 1.19. The predicted octanol–water partition coefficient (Wildman–Crippen LogP) is 3.46. The molecule has 1 saturated heterocycles. The van der Waals surface area contributed by atoms with Gasteiger partial charge in [-0.1, -0.05) is 36.4 Å². The lowest BCUT2D eigenvalue weighted by atomic mass is 10.1. The molecule has 0 radical (unpaired) electrons. The van der Waals surface area contributed by atoms with Crippen LogP contribution in [-0.4, -0.2) is 12.4 Å². The van der Waals surface area contributed by atoms with E-state index in [1.165, 1.54) is 5.56 Å². The molecule has 1 aromatic rings. The molecule has 0 spiro atoms. The second kappa shape index (κ2) is 4.81. The minimum Gasteiger partial charge on any atom is -0.347 e. The monoisotopic (exact) mass is 218 g/mol. The van der Waals surface area contributed by atoms with Gasteiger partial charge >= 0.3 is 0 Å². The molecule has 0 amide bonds. The molecule has 1 aromatic carbocycles. The normalized spacial score (nSPS) is 29.2. The van der Waals surface area contributed by atoms with Crippen molar-refractivity contribution in [3.8, 4) is 0 Å². The van der Waals surface area contributed by atoms with Crippen LogP contribution >= 0.6 is 0 Å². The highest BCUT2D eigenvalue weighted by atomic mass is 16.7. The lowest BCUT2D eigenvalue weighted by molar-refractivity contribution is -0.158. The number of hydrogen-bond donors (Lipinski definition) is 0. The van der Waals surface area contributed by atoms with Crippen molar-refractivity contribution in [2.45, 2.75) is 31.7 Å². The van der Waals surface area contributed by atoms with Gasteiger partial charge in [0.05, 0.1) is 6.61 Å². The Morgan fingerprint density at radius 1 is 1.44 bits per heavy atom. The molecule has 0 saturated carbocycles. The number of allylic oxidation sites excluding steroid dienone is 1. The van der Waals surface area contributed by atoms with Gasteiger partial charge in [0, 0.05) is 6.42 Å². The number of hydrogen-bond acceptors (Lipinski definition) is 2. The van der Waals surface area contributed by atoms with Gasteiger partial charge in [-0.15, -0.1) is 6.58 Å². The molecule has 1 heterocycles. The topological polar surface area (TPSA) is 18.5 Å². The number of ether oxygens (including phenoxy) is 2. The van der Waals surface area contributed by atoms with E-state index in [1.807, 2.05) is 31.2 Å². The first-order valence-corrected chi connectivity index (χ1v) is 5.71. The van der Waals surface area contributed by atoms with Crippen molar-refractivity contribution in [1.82, 2.24) is 0 Å². The second-order valence-electron chi connectivity index (χ2n) is 4.29. The van der Waals surface area contributed by atoms with E-state index in [0.717, 1.165) is 12.8 Å². The molecule has 86 valence electrons. The molecule has 1 aliphatic heterocycles. The highest BCUT2D eigenvalue weighted by molar-refractivity contribution is 5.18. The third-order valence-electron chi connectivity index (χ3n) is 2.91. The molecule has 2 unspecified atom stereocenters. The van der Waals surface area contributed by atoms with Crippen LogP contribution < -0.4 is 0 Å². The Morgan fingerprint density at radius 2 is 2.19 bits per heavy atom. The summed E-state index contributed by atoms with van der Waals surface area (Å²) in [7, 11) is 0. The molecule has 2 atom stereocenters. The Balaban J connectivity index is 2.00. The zero-order valence-corrected chi connectivity index (χ0v) is 9.69. The van der Waals surface area contributed by atoms with Crippen molar-refractivity contribution < 1.29 is 9.47 Å². The summed E-state index contributed by atoms with van der Waals surface area (Å²) in [6.45, 7) is 6.35. The van der Waals surface area contributed by atoms with Crippen molar-refractivity contribution in [1.29, 1.82) is 0 Å². The van der Waals surface area contributed by atoms with E-state index < -0.39 is 5.79 Å². The Bertz CT molecular complexity index is 347. The van der Waals surface area contributed by atoms with Gasteiger partial charge in [0.15, 0.2) is 5.79 Å². The van der Waals surface area contributed by atoms with Gasteiger partial charge in [-0.3, -0.25) is 0 Å². The van der Waals surface area contributed by atoms with Gasteiger partial charge in [-0.05, 0) is 18.9 Å². The third-order valence-corrected chi connectivity index (χ3v) is 2.91. The molecular weight excluding hydrogens is 200 g/mol. The van der Waals surface area contributed by atoms with Crippen LogP contribution in [0.25, 0.3) is 0 Å². The standard InChI is InChI=1S/C14H18O2/c1-3-4-10-14(2)15-11-13(16-14)12-8-6-5-7-9-12/h3,5-9,13H,1,4,10-11H2,2H3. The zero-order valence-electron chi connectivity index (χ0n) is 9.69. The summed E-state index contributed by atoms with van der Waals surface area (Å²) in [4.78, 5) is 0. The summed E-state index contributed by atoms with van der Waals surface area (Å²) >= 11 is 0. The third kappa shape index (κ3) is 2.52. The molecule has 0 aromatic heterocycles. The van der Waals surface area contributed by atoms with E-state index in [1.54, 1.807) is 0 Å². The fourth-order valence-corrected chi connectivity index (χ4v) is 1.95. The van der Waals surface area contributed by atoms with Crippen LogP contribution in [0, 0.1) is 0 Å². The fourth-order valence-electron chi connectivity index (χ4n) is 1.95. The van der Waals surface area contributed by atoms with Crippen molar-refractivity contribution in [3.63, 3.8) is 0 Å². The Kier molecular flexibility index (Phi) is 3.42. The van der Waals surface area contributed by atoms with Gasteiger partial charge in [-0.25, -0.2) is 0 Å². The maximum absolute atomic E-state index is 5.97. The molecule has 1 aliphatic rings. The highest BCUT2D eigenvalue weighted by Gasteiger charge is 2.36. The molecule has 1 fully saturated rings. The van der Waals surface area contributed by atoms with E-state index in [2.05, 4.69) is 18.7 Å². The molecular formula is C14H18O2. The summed E-state index contributed by atoms with van der Waals surface area (Å²) in [5.74, 6) is -0.450. The Morgan fingerprint density at radius 3 is 2.88 bits per heavy atom. The smallest absolute Gasteiger partial charge is 0.166 e. The molecule has 2 heteroatoms. The molecule has 16 heavy (non-hydrogen) atoms. The molecule has 2 rings (SSSR count). The SMILES string of the molecule is C=CCCC1(C)OCC(c2ccccc2)O1. The first kappa shape index (κ1) is 11.4. The number of rotatable bonds is 4. The van der Waals surface area contributed by atoms with Crippen molar-refractivity contribution in [2.75, 3.05) is 6.61 Å². The van der Waals surface area contributed by atoms with Gasteiger partial charge in [0.25, 0.3) is 0 Å². The lowest BCUT2D eigenvalue weighted by Crippen LogP contribution is -2.25. The van der Waals surface area contributed by atoms with Crippen LogP contribution in [0.5, 0.6) is 0 Å². The average Bonchev–Trinajstić information content (AvgIpc) is 2.71. The maximum Gasteiger partial charge on any atom is 0.166 e. The molecule has 0 N–H and O–H groups in total. The zero-order chi connectivity index (χ0) is 11.4.